The number of hydrogen-bond acceptors (Lipinski definition) is 5. The Kier molecular flexibility index (Phi) is 4.28. The van der Waals surface area contributed by atoms with Gasteiger partial charge in [-0.05, 0) is 28.1 Å². The molecule has 0 spiro atoms. The molecule has 0 bridgehead atoms. The number of rotatable bonds is 5. The summed E-state index contributed by atoms with van der Waals surface area (Å²) in [6, 6.07) is 3.96. The molecule has 8 nitrogen and oxygen atoms in total. The molecule has 0 aliphatic rings. The minimum atomic E-state index is -3.86. The second-order valence-corrected chi connectivity index (χ2v) is 6.58. The number of sulfonamides is 1. The molecule has 1 heterocycles. The van der Waals surface area contributed by atoms with Crippen LogP contribution in [0, 0.1) is 10.1 Å². The summed E-state index contributed by atoms with van der Waals surface area (Å²) in [5, 5.41) is 10.7. The number of imidazole rings is 1. The molecule has 112 valence electrons. The van der Waals surface area contributed by atoms with Gasteiger partial charge in [-0.3, -0.25) is 14.8 Å². The lowest BCUT2D eigenvalue weighted by Crippen LogP contribution is -2.13. The number of nitro groups is 1. The zero-order chi connectivity index (χ0) is 15.6. The van der Waals surface area contributed by atoms with Crippen LogP contribution in [0.4, 0.5) is 11.4 Å². The van der Waals surface area contributed by atoms with E-state index in [9.17, 15) is 18.5 Å². The number of aromatic amines is 1. The molecule has 10 heteroatoms. The average Bonchev–Trinajstić information content (AvgIpc) is 2.90. The van der Waals surface area contributed by atoms with Crippen LogP contribution in [-0.4, -0.2) is 23.3 Å². The van der Waals surface area contributed by atoms with Crippen LogP contribution >= 0.6 is 15.9 Å². The van der Waals surface area contributed by atoms with Crippen LogP contribution in [0.15, 0.2) is 33.9 Å². The second kappa shape index (κ2) is 5.82. The van der Waals surface area contributed by atoms with Gasteiger partial charge in [0.1, 0.15) is 5.82 Å². The van der Waals surface area contributed by atoms with E-state index < -0.39 is 14.9 Å². The largest absolute Gasteiger partial charge is 0.332 e. The molecule has 0 radical (unpaired) electrons. The second-order valence-electron chi connectivity index (χ2n) is 4.08. The maximum atomic E-state index is 12.1. The smallest absolute Gasteiger partial charge is 0.285 e. The highest BCUT2D eigenvalue weighted by Crippen LogP contribution is 2.28. The molecule has 2 rings (SSSR count). The Labute approximate surface area is 128 Å². The maximum absolute atomic E-state index is 12.1. The van der Waals surface area contributed by atoms with E-state index in [1.54, 1.807) is 0 Å². The molecule has 0 amide bonds. The Bertz CT molecular complexity index is 787. The molecule has 0 saturated carbocycles. The van der Waals surface area contributed by atoms with Gasteiger partial charge in [0.15, 0.2) is 5.03 Å². The molecule has 21 heavy (non-hydrogen) atoms. The van der Waals surface area contributed by atoms with Gasteiger partial charge in [-0.2, -0.15) is 8.42 Å². The number of nitro benzene ring substituents is 1. The van der Waals surface area contributed by atoms with E-state index in [2.05, 4.69) is 30.6 Å². The number of benzene rings is 1. The van der Waals surface area contributed by atoms with Crippen molar-refractivity contribution < 1.29 is 13.3 Å². The number of aryl methyl sites for hydroxylation is 1. The van der Waals surface area contributed by atoms with Crippen molar-refractivity contribution in [2.45, 2.75) is 18.4 Å². The Morgan fingerprint density at radius 1 is 1.48 bits per heavy atom. The van der Waals surface area contributed by atoms with Gasteiger partial charge in [0.25, 0.3) is 15.7 Å². The van der Waals surface area contributed by atoms with Gasteiger partial charge in [0.2, 0.25) is 0 Å². The number of anilines is 1. The van der Waals surface area contributed by atoms with Crippen LogP contribution < -0.4 is 4.72 Å². The van der Waals surface area contributed by atoms with E-state index in [1.165, 1.54) is 18.3 Å². The SMILES string of the molecule is CCc1ncc(S(=O)(=O)Nc2ccc(Br)c([N+](=O)[O-])c2)[nH]1. The lowest BCUT2D eigenvalue weighted by Gasteiger charge is -2.06. The number of hydrogen-bond donors (Lipinski definition) is 2. The van der Waals surface area contributed by atoms with Crippen LogP contribution in [-0.2, 0) is 16.4 Å². The summed E-state index contributed by atoms with van der Waals surface area (Å²) in [4.78, 5) is 16.8. The van der Waals surface area contributed by atoms with Gasteiger partial charge in [0, 0.05) is 12.5 Å². The van der Waals surface area contributed by atoms with Crippen molar-refractivity contribution in [1.82, 2.24) is 9.97 Å². The Morgan fingerprint density at radius 3 is 2.76 bits per heavy atom. The summed E-state index contributed by atoms with van der Waals surface area (Å²) in [6.07, 6.45) is 1.77. The van der Waals surface area contributed by atoms with Crippen molar-refractivity contribution in [3.63, 3.8) is 0 Å². The number of H-pyrrole nitrogens is 1. The van der Waals surface area contributed by atoms with Crippen molar-refractivity contribution in [1.29, 1.82) is 0 Å². The van der Waals surface area contributed by atoms with Crippen LogP contribution in [0.5, 0.6) is 0 Å². The zero-order valence-electron chi connectivity index (χ0n) is 10.8. The molecule has 0 aliphatic carbocycles. The van der Waals surface area contributed by atoms with Crippen LogP contribution in [0.2, 0.25) is 0 Å². The molecule has 1 aromatic heterocycles. The van der Waals surface area contributed by atoms with Crippen molar-refractivity contribution in [3.05, 3.63) is 44.8 Å². The summed E-state index contributed by atoms with van der Waals surface area (Å²) in [7, 11) is -3.86. The molecule has 0 atom stereocenters. The third-order valence-electron chi connectivity index (χ3n) is 2.62. The monoisotopic (exact) mass is 374 g/mol. The summed E-state index contributed by atoms with van der Waals surface area (Å²) in [6.45, 7) is 1.83. The fourth-order valence-electron chi connectivity index (χ4n) is 1.59. The quantitative estimate of drug-likeness (QED) is 0.615. The molecule has 0 fully saturated rings. The predicted octanol–water partition coefficient (Wildman–Crippen LogP) is 2.44. The fraction of sp³-hybridized carbons (Fsp3) is 0.182. The van der Waals surface area contributed by atoms with Crippen LogP contribution in [0.1, 0.15) is 12.7 Å². The number of halogens is 1. The normalized spacial score (nSPS) is 11.3. The molecule has 1 aromatic carbocycles. The zero-order valence-corrected chi connectivity index (χ0v) is 13.2. The Balaban J connectivity index is 2.32. The van der Waals surface area contributed by atoms with E-state index >= 15 is 0 Å². The summed E-state index contributed by atoms with van der Waals surface area (Å²) in [5.41, 5.74) is -0.133. The van der Waals surface area contributed by atoms with Crippen molar-refractivity contribution in [2.24, 2.45) is 0 Å². The van der Waals surface area contributed by atoms with Gasteiger partial charge < -0.3 is 4.98 Å². The van der Waals surface area contributed by atoms with Gasteiger partial charge in [0.05, 0.1) is 21.3 Å². The van der Waals surface area contributed by atoms with Gasteiger partial charge in [-0.1, -0.05) is 6.92 Å². The predicted molar refractivity (Wildman–Crippen MR) is 79.6 cm³/mol. The minimum Gasteiger partial charge on any atom is -0.332 e. The highest BCUT2D eigenvalue weighted by Gasteiger charge is 2.19. The first kappa shape index (κ1) is 15.4. The van der Waals surface area contributed by atoms with Crippen molar-refractivity contribution in [3.8, 4) is 0 Å². The topological polar surface area (TPSA) is 118 Å². The lowest BCUT2D eigenvalue weighted by molar-refractivity contribution is -0.385. The van der Waals surface area contributed by atoms with E-state index in [1.807, 2.05) is 6.92 Å². The maximum Gasteiger partial charge on any atom is 0.285 e. The fourth-order valence-corrected chi connectivity index (χ4v) is 2.97. The Hall–Kier alpha value is -1.94. The molecule has 0 unspecified atom stereocenters. The standard InChI is InChI=1S/C11H11BrN4O4S/c1-2-10-13-6-11(14-10)21(19,20)15-7-3-4-8(12)9(5-7)16(17)18/h3-6,15H,2H2,1H3,(H,13,14). The molecule has 0 saturated heterocycles. The third kappa shape index (κ3) is 3.39. The van der Waals surface area contributed by atoms with Gasteiger partial charge in [-0.15, -0.1) is 0 Å². The van der Waals surface area contributed by atoms with E-state index in [0.717, 1.165) is 6.07 Å². The van der Waals surface area contributed by atoms with Crippen molar-refractivity contribution in [2.75, 3.05) is 4.72 Å². The summed E-state index contributed by atoms with van der Waals surface area (Å²) >= 11 is 3.03. The van der Waals surface area contributed by atoms with E-state index in [0.29, 0.717) is 12.2 Å². The van der Waals surface area contributed by atoms with Gasteiger partial charge >= 0.3 is 0 Å². The molecule has 2 N–H and O–H groups in total. The summed E-state index contributed by atoms with van der Waals surface area (Å²) in [5.74, 6) is 0.539. The highest BCUT2D eigenvalue weighted by molar-refractivity contribution is 9.10. The number of nitrogens with one attached hydrogen (secondary N) is 2. The van der Waals surface area contributed by atoms with Gasteiger partial charge in [-0.25, -0.2) is 4.98 Å². The van der Waals surface area contributed by atoms with Crippen LogP contribution in [0.25, 0.3) is 0 Å². The Morgan fingerprint density at radius 2 is 2.19 bits per heavy atom. The first-order valence-electron chi connectivity index (χ1n) is 5.84. The summed E-state index contributed by atoms with van der Waals surface area (Å²) < 4.78 is 26.8. The van der Waals surface area contributed by atoms with E-state index in [4.69, 9.17) is 0 Å². The highest BCUT2D eigenvalue weighted by atomic mass is 79.9. The minimum absolute atomic E-state index is 0.0927. The molecule has 0 aliphatic heterocycles. The average molecular weight is 375 g/mol. The first-order valence-corrected chi connectivity index (χ1v) is 8.11. The number of aromatic nitrogens is 2. The molecular formula is C11H11BrN4O4S. The first-order chi connectivity index (χ1) is 9.83. The molecular weight excluding hydrogens is 364 g/mol. The van der Waals surface area contributed by atoms with E-state index in [-0.39, 0.29) is 20.9 Å². The van der Waals surface area contributed by atoms with Crippen molar-refractivity contribution >= 4 is 37.3 Å². The molecule has 2 aromatic rings. The number of nitrogens with zero attached hydrogens (tertiary/aromatic N) is 2. The lowest BCUT2D eigenvalue weighted by atomic mass is 10.3. The third-order valence-corrected chi connectivity index (χ3v) is 4.59. The van der Waals surface area contributed by atoms with Crippen LogP contribution in [0.3, 0.4) is 0 Å².